The molecular weight excluding hydrogens is 518 g/mol. The van der Waals surface area contributed by atoms with Crippen LogP contribution >= 0.6 is 0 Å². The number of aliphatic hydroxyl groups is 1. The van der Waals surface area contributed by atoms with Crippen LogP contribution in [0.5, 0.6) is 5.75 Å². The van der Waals surface area contributed by atoms with Gasteiger partial charge in [0.1, 0.15) is 11.6 Å². The van der Waals surface area contributed by atoms with E-state index in [1.807, 2.05) is 24.3 Å². The summed E-state index contributed by atoms with van der Waals surface area (Å²) < 4.78 is 28.7. The first-order valence-electron chi connectivity index (χ1n) is 12.8. The number of carbonyl (C=O) groups is 1. The fourth-order valence-corrected chi connectivity index (χ4v) is 4.33. The van der Waals surface area contributed by atoms with Crippen molar-refractivity contribution in [2.75, 3.05) is 6.54 Å². The Kier molecular flexibility index (Phi) is 9.36. The Balaban J connectivity index is 1.55. The van der Waals surface area contributed by atoms with Crippen LogP contribution in [0.4, 0.5) is 8.78 Å². The molecule has 0 aliphatic carbocycles. The molecule has 4 N–H and O–H groups in total. The predicted octanol–water partition coefficient (Wildman–Crippen LogP) is 3.27. The number of nitrogens with one attached hydrogen (secondary N) is 2. The van der Waals surface area contributed by atoms with Gasteiger partial charge < -0.3 is 20.8 Å². The molecule has 8 nitrogen and oxygen atoms in total. The van der Waals surface area contributed by atoms with Gasteiger partial charge in [0.25, 0.3) is 11.5 Å². The van der Waals surface area contributed by atoms with Crippen LogP contribution in [0.3, 0.4) is 0 Å². The van der Waals surface area contributed by atoms with E-state index >= 15 is 0 Å². The van der Waals surface area contributed by atoms with Crippen molar-refractivity contribution < 1.29 is 23.8 Å². The number of amides is 1. The topological polar surface area (TPSA) is 116 Å². The van der Waals surface area contributed by atoms with E-state index in [0.29, 0.717) is 12.2 Å². The summed E-state index contributed by atoms with van der Waals surface area (Å²) in [4.78, 5) is 25.7. The molecule has 40 heavy (non-hydrogen) atoms. The number of rotatable bonds is 11. The average molecular weight is 549 g/mol. The van der Waals surface area contributed by atoms with Gasteiger partial charge in [-0.05, 0) is 53.8 Å². The molecule has 4 rings (SSSR count). The van der Waals surface area contributed by atoms with Crippen molar-refractivity contribution in [3.05, 3.63) is 123 Å². The van der Waals surface area contributed by atoms with Crippen LogP contribution in [-0.2, 0) is 19.4 Å². The number of carbonyl (C=O) groups excluding carboxylic acids is 1. The Morgan fingerprint density at radius 2 is 1.65 bits per heavy atom. The molecule has 0 saturated heterocycles. The Hall–Kier alpha value is -4.41. The van der Waals surface area contributed by atoms with Crippen molar-refractivity contribution in [2.45, 2.75) is 38.5 Å². The minimum absolute atomic E-state index is 0.0437. The van der Waals surface area contributed by atoms with E-state index in [1.54, 1.807) is 30.3 Å². The second kappa shape index (κ2) is 13.1. The van der Waals surface area contributed by atoms with E-state index in [4.69, 9.17) is 0 Å². The molecule has 0 aliphatic rings. The number of aromatic nitrogens is 2. The lowest BCUT2D eigenvalue weighted by atomic mass is 10.00. The van der Waals surface area contributed by atoms with E-state index in [-0.39, 0.29) is 18.5 Å². The number of aliphatic hydroxyl groups excluding tert-OH is 1. The van der Waals surface area contributed by atoms with Crippen LogP contribution in [-0.4, -0.2) is 44.6 Å². The van der Waals surface area contributed by atoms with Crippen LogP contribution in [0.2, 0.25) is 0 Å². The second-order valence-corrected chi connectivity index (χ2v) is 9.40. The first-order valence-corrected chi connectivity index (χ1v) is 12.8. The smallest absolute Gasteiger partial charge is 0.275 e. The van der Waals surface area contributed by atoms with Crippen molar-refractivity contribution >= 4 is 5.91 Å². The third-order valence-electron chi connectivity index (χ3n) is 6.37. The summed E-state index contributed by atoms with van der Waals surface area (Å²) in [6.45, 7) is 2.55. The third kappa shape index (κ3) is 7.37. The van der Waals surface area contributed by atoms with Gasteiger partial charge in [0, 0.05) is 25.2 Å². The molecule has 0 aliphatic heterocycles. The molecule has 0 unspecified atom stereocenters. The Bertz CT molecular complexity index is 1510. The van der Waals surface area contributed by atoms with Crippen LogP contribution in [0.15, 0.2) is 83.7 Å². The predicted molar refractivity (Wildman–Crippen MR) is 146 cm³/mol. The summed E-state index contributed by atoms with van der Waals surface area (Å²) in [5.74, 6) is -3.11. The number of halogens is 2. The highest BCUT2D eigenvalue weighted by molar-refractivity contribution is 5.94. The molecule has 0 saturated carbocycles. The maximum Gasteiger partial charge on any atom is 0.275 e. The highest BCUT2D eigenvalue weighted by atomic mass is 19.1. The molecule has 2 atom stereocenters. The quantitative estimate of drug-likeness (QED) is 0.229. The van der Waals surface area contributed by atoms with Crippen molar-refractivity contribution in [1.29, 1.82) is 0 Å². The molecule has 0 bridgehead atoms. The lowest BCUT2D eigenvalue weighted by Crippen LogP contribution is -2.49. The van der Waals surface area contributed by atoms with Gasteiger partial charge in [0.15, 0.2) is 11.4 Å². The molecule has 0 fully saturated rings. The number of nitrogens with zero attached hydrogens (tertiary/aromatic N) is 2. The van der Waals surface area contributed by atoms with Gasteiger partial charge in [-0.15, -0.1) is 0 Å². The highest BCUT2D eigenvalue weighted by Crippen LogP contribution is 2.16. The molecule has 1 aromatic heterocycles. The average Bonchev–Trinajstić information content (AvgIpc) is 2.92. The first kappa shape index (κ1) is 28.6. The van der Waals surface area contributed by atoms with Gasteiger partial charge in [0.2, 0.25) is 0 Å². The Morgan fingerprint density at radius 1 is 0.950 bits per heavy atom. The molecule has 1 heterocycles. The van der Waals surface area contributed by atoms with Crippen molar-refractivity contribution in [3.63, 3.8) is 0 Å². The molecule has 0 radical (unpaired) electrons. The van der Waals surface area contributed by atoms with Gasteiger partial charge >= 0.3 is 0 Å². The second-order valence-electron chi connectivity index (χ2n) is 9.40. The van der Waals surface area contributed by atoms with Crippen LogP contribution in [0, 0.1) is 11.6 Å². The summed E-state index contributed by atoms with van der Waals surface area (Å²) in [6.07, 6.45) is -0.423. The normalized spacial score (nSPS) is 12.6. The van der Waals surface area contributed by atoms with Crippen LogP contribution in [0.25, 0.3) is 5.69 Å². The summed E-state index contributed by atoms with van der Waals surface area (Å²) in [5.41, 5.74) is 1.67. The van der Waals surface area contributed by atoms with Gasteiger partial charge in [0.05, 0.1) is 17.8 Å². The standard InChI is InChI=1S/C30H30F2N4O4/c1-2-19-7-6-8-20(11-19)17-33-18-27(38)25(14-21-12-22(31)15-23(32)13-21)34-30(40)29-26(37)16-28(39)36(35-29)24-9-4-3-5-10-24/h3-13,15-16,25,27,33,37-38H,2,14,17-18H2,1H3,(H,34,40)/t25-,27-/m0/s1. The van der Waals surface area contributed by atoms with Gasteiger partial charge in [-0.1, -0.05) is 49.4 Å². The first-order chi connectivity index (χ1) is 19.2. The molecular formula is C30H30F2N4O4. The molecule has 10 heteroatoms. The minimum Gasteiger partial charge on any atom is -0.505 e. The van der Waals surface area contributed by atoms with E-state index in [0.717, 1.165) is 40.9 Å². The summed E-state index contributed by atoms with van der Waals surface area (Å²) in [7, 11) is 0. The highest BCUT2D eigenvalue weighted by Gasteiger charge is 2.26. The van der Waals surface area contributed by atoms with Crippen molar-refractivity contribution in [3.8, 4) is 11.4 Å². The zero-order chi connectivity index (χ0) is 28.6. The fraction of sp³-hybridized carbons (Fsp3) is 0.233. The van der Waals surface area contributed by atoms with Crippen LogP contribution in [0.1, 0.15) is 34.1 Å². The number of aryl methyl sites for hydroxylation is 1. The monoisotopic (exact) mass is 548 g/mol. The molecule has 208 valence electrons. The third-order valence-corrected chi connectivity index (χ3v) is 6.37. The fourth-order valence-electron chi connectivity index (χ4n) is 4.33. The SMILES string of the molecule is CCc1cccc(CNC[C@H](O)[C@H](Cc2cc(F)cc(F)c2)NC(=O)c2nn(-c3ccccc3)c(=O)cc2O)c1. The number of aromatic hydroxyl groups is 1. The largest absolute Gasteiger partial charge is 0.505 e. The molecule has 4 aromatic rings. The Labute approximate surface area is 229 Å². The number of para-hydroxylation sites is 1. The Morgan fingerprint density at radius 3 is 2.35 bits per heavy atom. The van der Waals surface area contributed by atoms with Crippen LogP contribution < -0.4 is 16.2 Å². The maximum absolute atomic E-state index is 13.9. The summed E-state index contributed by atoms with van der Waals surface area (Å²) >= 11 is 0. The van der Waals surface area contributed by atoms with Gasteiger partial charge in [-0.25, -0.2) is 8.78 Å². The van der Waals surface area contributed by atoms with Crippen molar-refractivity contribution in [1.82, 2.24) is 20.4 Å². The van der Waals surface area contributed by atoms with E-state index in [2.05, 4.69) is 22.7 Å². The minimum atomic E-state index is -1.19. The van der Waals surface area contributed by atoms with Gasteiger partial charge in [-0.2, -0.15) is 9.78 Å². The summed E-state index contributed by atoms with van der Waals surface area (Å²) in [5, 5.41) is 31.2. The van der Waals surface area contributed by atoms with Gasteiger partial charge in [-0.3, -0.25) is 9.59 Å². The van der Waals surface area contributed by atoms with E-state index in [1.165, 1.54) is 5.56 Å². The lowest BCUT2D eigenvalue weighted by Gasteiger charge is -2.25. The number of hydrogen-bond acceptors (Lipinski definition) is 6. The maximum atomic E-state index is 13.9. The zero-order valence-electron chi connectivity index (χ0n) is 21.8. The molecule has 1 amide bonds. The molecule has 0 spiro atoms. The van der Waals surface area contributed by atoms with Crippen molar-refractivity contribution in [2.24, 2.45) is 0 Å². The number of hydrogen-bond donors (Lipinski definition) is 4. The molecule has 3 aromatic carbocycles. The number of benzene rings is 3. The summed E-state index contributed by atoms with van der Waals surface area (Å²) in [6, 6.07) is 19.1. The zero-order valence-corrected chi connectivity index (χ0v) is 21.8. The van der Waals surface area contributed by atoms with E-state index < -0.39 is 46.7 Å². The lowest BCUT2D eigenvalue weighted by molar-refractivity contribution is 0.0820. The van der Waals surface area contributed by atoms with E-state index in [9.17, 15) is 28.6 Å².